The van der Waals surface area contributed by atoms with Gasteiger partial charge < -0.3 is 10.2 Å². The highest BCUT2D eigenvalue weighted by Gasteiger charge is 2.11. The van der Waals surface area contributed by atoms with E-state index in [-0.39, 0.29) is 6.03 Å². The number of hydrogen-bond donors (Lipinski definition) is 1. The number of hydrogen-bond acceptors (Lipinski definition) is 1. The Morgan fingerprint density at radius 1 is 1.10 bits per heavy atom. The van der Waals surface area contributed by atoms with Gasteiger partial charge in [0.2, 0.25) is 0 Å². The van der Waals surface area contributed by atoms with Crippen molar-refractivity contribution >= 4 is 17.6 Å². The topological polar surface area (TPSA) is 32.3 Å². The van der Waals surface area contributed by atoms with Crippen molar-refractivity contribution in [3.05, 3.63) is 34.9 Å². The van der Waals surface area contributed by atoms with E-state index >= 15 is 0 Å². The summed E-state index contributed by atoms with van der Waals surface area (Å²) in [6.07, 6.45) is 4.32. The Labute approximate surface area is 127 Å². The summed E-state index contributed by atoms with van der Waals surface area (Å²) in [5, 5.41) is 3.70. The van der Waals surface area contributed by atoms with Gasteiger partial charge in [0.05, 0.1) is 0 Å². The molecule has 0 unspecified atom stereocenters. The number of nitrogens with zero attached hydrogens (tertiary/aromatic N) is 1. The van der Waals surface area contributed by atoms with Crippen molar-refractivity contribution in [1.29, 1.82) is 0 Å². The second-order valence-electron chi connectivity index (χ2n) is 4.98. The summed E-state index contributed by atoms with van der Waals surface area (Å²) in [5.41, 5.74) is 1.06. The molecule has 0 bridgehead atoms. The van der Waals surface area contributed by atoms with E-state index in [2.05, 4.69) is 19.2 Å². The first-order valence-electron chi connectivity index (χ1n) is 7.44. The Kier molecular flexibility index (Phi) is 8.12. The van der Waals surface area contributed by atoms with Gasteiger partial charge in [-0.15, -0.1) is 0 Å². The highest BCUT2D eigenvalue weighted by molar-refractivity contribution is 6.30. The predicted octanol–water partition coefficient (Wildman–Crippen LogP) is 4.45. The summed E-state index contributed by atoms with van der Waals surface area (Å²) in [6, 6.07) is 7.59. The first-order valence-corrected chi connectivity index (χ1v) is 7.82. The van der Waals surface area contributed by atoms with Gasteiger partial charge in [0.1, 0.15) is 0 Å². The van der Waals surface area contributed by atoms with E-state index in [9.17, 15) is 4.79 Å². The number of nitrogens with one attached hydrogen (secondary N) is 1. The smallest absolute Gasteiger partial charge is 0.317 e. The quantitative estimate of drug-likeness (QED) is 0.755. The summed E-state index contributed by atoms with van der Waals surface area (Å²) in [7, 11) is 0. The molecule has 0 atom stereocenters. The van der Waals surface area contributed by atoms with Gasteiger partial charge in [-0.2, -0.15) is 0 Å². The van der Waals surface area contributed by atoms with E-state index in [1.807, 2.05) is 29.2 Å². The van der Waals surface area contributed by atoms with Crippen molar-refractivity contribution in [2.24, 2.45) is 0 Å². The molecule has 1 aromatic rings. The van der Waals surface area contributed by atoms with Gasteiger partial charge in [0.25, 0.3) is 0 Å². The molecular weight excluding hydrogens is 272 g/mol. The van der Waals surface area contributed by atoms with Crippen LogP contribution < -0.4 is 5.32 Å². The van der Waals surface area contributed by atoms with Crippen LogP contribution in [-0.2, 0) is 6.54 Å². The molecule has 2 amide bonds. The van der Waals surface area contributed by atoms with Crippen molar-refractivity contribution in [1.82, 2.24) is 10.2 Å². The van der Waals surface area contributed by atoms with E-state index in [4.69, 9.17) is 11.6 Å². The van der Waals surface area contributed by atoms with Crippen LogP contribution in [0.3, 0.4) is 0 Å². The number of carbonyl (C=O) groups is 1. The highest BCUT2D eigenvalue weighted by atomic mass is 35.5. The van der Waals surface area contributed by atoms with Crippen molar-refractivity contribution in [2.45, 2.75) is 46.1 Å². The Hall–Kier alpha value is -1.22. The molecule has 112 valence electrons. The van der Waals surface area contributed by atoms with Gasteiger partial charge in [0.15, 0.2) is 0 Å². The lowest BCUT2D eigenvalue weighted by atomic mass is 10.2. The van der Waals surface area contributed by atoms with Gasteiger partial charge in [-0.05, 0) is 30.5 Å². The summed E-state index contributed by atoms with van der Waals surface area (Å²) in [6.45, 7) is 6.50. The third kappa shape index (κ3) is 6.29. The molecule has 20 heavy (non-hydrogen) atoms. The van der Waals surface area contributed by atoms with Crippen LogP contribution in [-0.4, -0.2) is 24.0 Å². The van der Waals surface area contributed by atoms with Crippen LogP contribution >= 0.6 is 11.6 Å². The fraction of sp³-hybridized carbons (Fsp3) is 0.562. The minimum absolute atomic E-state index is 0.0295. The van der Waals surface area contributed by atoms with E-state index in [0.29, 0.717) is 11.6 Å². The second kappa shape index (κ2) is 9.65. The van der Waals surface area contributed by atoms with Crippen LogP contribution in [0.1, 0.15) is 45.1 Å². The van der Waals surface area contributed by atoms with Crippen LogP contribution in [0.4, 0.5) is 4.79 Å². The molecule has 0 saturated heterocycles. The average molecular weight is 297 g/mol. The number of halogens is 1. The zero-order valence-corrected chi connectivity index (χ0v) is 13.2. The Morgan fingerprint density at radius 2 is 1.65 bits per heavy atom. The summed E-state index contributed by atoms with van der Waals surface area (Å²) in [5.74, 6) is 0. The SMILES string of the molecule is CCCCN(CCCC)C(=O)NCc1ccc(Cl)cc1. The zero-order valence-electron chi connectivity index (χ0n) is 12.5. The molecule has 3 nitrogen and oxygen atoms in total. The Bertz CT molecular complexity index is 384. The first-order chi connectivity index (χ1) is 9.67. The molecule has 1 aromatic carbocycles. The lowest BCUT2D eigenvalue weighted by molar-refractivity contribution is 0.195. The maximum Gasteiger partial charge on any atom is 0.317 e. The number of urea groups is 1. The molecule has 0 aliphatic carbocycles. The van der Waals surface area contributed by atoms with Gasteiger partial charge in [0, 0.05) is 24.7 Å². The third-order valence-corrected chi connectivity index (χ3v) is 3.46. The van der Waals surface area contributed by atoms with E-state index < -0.39 is 0 Å². The fourth-order valence-electron chi connectivity index (χ4n) is 1.90. The molecule has 0 aliphatic rings. The first kappa shape index (κ1) is 16.8. The Balaban J connectivity index is 2.45. The fourth-order valence-corrected chi connectivity index (χ4v) is 2.03. The van der Waals surface area contributed by atoms with Crippen LogP contribution in [0.2, 0.25) is 5.02 Å². The number of amides is 2. The van der Waals surface area contributed by atoms with Crippen LogP contribution in [0.25, 0.3) is 0 Å². The average Bonchev–Trinajstić information content (AvgIpc) is 2.46. The van der Waals surface area contributed by atoms with Crippen LogP contribution in [0, 0.1) is 0 Å². The standard InChI is InChI=1S/C16H25ClN2O/c1-3-5-11-19(12-6-4-2)16(20)18-13-14-7-9-15(17)10-8-14/h7-10H,3-6,11-13H2,1-2H3,(H,18,20). The molecule has 0 aromatic heterocycles. The Morgan fingerprint density at radius 3 is 2.15 bits per heavy atom. The lowest BCUT2D eigenvalue weighted by Crippen LogP contribution is -2.40. The number of benzene rings is 1. The second-order valence-corrected chi connectivity index (χ2v) is 5.42. The summed E-state index contributed by atoms with van der Waals surface area (Å²) >= 11 is 5.84. The molecule has 0 fully saturated rings. The summed E-state index contributed by atoms with van der Waals surface area (Å²) in [4.78, 5) is 14.1. The lowest BCUT2D eigenvalue weighted by Gasteiger charge is -2.22. The maximum absolute atomic E-state index is 12.2. The van der Waals surface area contributed by atoms with Crippen molar-refractivity contribution in [3.63, 3.8) is 0 Å². The van der Waals surface area contributed by atoms with Crippen LogP contribution in [0.15, 0.2) is 24.3 Å². The van der Waals surface area contributed by atoms with E-state index in [0.717, 1.165) is 44.3 Å². The predicted molar refractivity (Wildman–Crippen MR) is 85.1 cm³/mol. The maximum atomic E-state index is 12.2. The molecule has 1 rings (SSSR count). The summed E-state index contributed by atoms with van der Waals surface area (Å²) < 4.78 is 0. The van der Waals surface area contributed by atoms with Crippen molar-refractivity contribution in [2.75, 3.05) is 13.1 Å². The van der Waals surface area contributed by atoms with Crippen LogP contribution in [0.5, 0.6) is 0 Å². The number of unbranched alkanes of at least 4 members (excludes halogenated alkanes) is 2. The zero-order chi connectivity index (χ0) is 14.8. The minimum atomic E-state index is 0.0295. The van der Waals surface area contributed by atoms with E-state index in [1.165, 1.54) is 0 Å². The molecule has 0 spiro atoms. The van der Waals surface area contributed by atoms with E-state index in [1.54, 1.807) is 0 Å². The number of carbonyl (C=O) groups excluding carboxylic acids is 1. The molecule has 0 aliphatic heterocycles. The van der Waals surface area contributed by atoms with Crippen molar-refractivity contribution in [3.8, 4) is 0 Å². The largest absolute Gasteiger partial charge is 0.334 e. The highest BCUT2D eigenvalue weighted by Crippen LogP contribution is 2.09. The number of rotatable bonds is 8. The normalized spacial score (nSPS) is 10.3. The third-order valence-electron chi connectivity index (χ3n) is 3.21. The molecule has 4 heteroatoms. The molecule has 1 N–H and O–H groups in total. The monoisotopic (exact) mass is 296 g/mol. The molecular formula is C16H25ClN2O. The van der Waals surface area contributed by atoms with Gasteiger partial charge >= 0.3 is 6.03 Å². The van der Waals surface area contributed by atoms with Gasteiger partial charge in [-0.1, -0.05) is 50.4 Å². The molecule has 0 saturated carbocycles. The molecule has 0 heterocycles. The van der Waals surface area contributed by atoms with Gasteiger partial charge in [-0.25, -0.2) is 4.79 Å². The van der Waals surface area contributed by atoms with Gasteiger partial charge in [-0.3, -0.25) is 0 Å². The van der Waals surface area contributed by atoms with Crippen molar-refractivity contribution < 1.29 is 4.79 Å². The minimum Gasteiger partial charge on any atom is -0.334 e. The molecule has 0 radical (unpaired) electrons.